The smallest absolute Gasteiger partial charge is 0.411 e. The zero-order chi connectivity index (χ0) is 53.0. The molecule has 4 aromatic heterocycles. The van der Waals surface area contributed by atoms with Crippen LogP contribution in [-0.2, 0) is 31.9 Å². The zero-order valence-corrected chi connectivity index (χ0v) is 47.4. The van der Waals surface area contributed by atoms with Crippen LogP contribution >= 0.6 is 45.3 Å². The number of nitrogens with one attached hydrogen (secondary N) is 3. The Morgan fingerprint density at radius 3 is 1.49 bits per heavy atom. The van der Waals surface area contributed by atoms with Gasteiger partial charge in [-0.05, 0) is 130 Å². The molecule has 388 valence electrons. The van der Waals surface area contributed by atoms with Gasteiger partial charge in [0.2, 0.25) is 11.8 Å². The summed E-state index contributed by atoms with van der Waals surface area (Å²) >= 11 is 6.29. The van der Waals surface area contributed by atoms with Crippen molar-refractivity contribution in [3.8, 4) is 21.1 Å². The highest BCUT2D eigenvalue weighted by atomic mass is 32.1. The van der Waals surface area contributed by atoms with Gasteiger partial charge in [0.05, 0.1) is 32.5 Å². The molecule has 6 aromatic rings. The van der Waals surface area contributed by atoms with Gasteiger partial charge in [-0.25, -0.2) is 19.6 Å². The minimum Gasteiger partial charge on any atom is -0.444 e. The molecule has 0 saturated heterocycles. The number of carbonyl (C=O) groups is 4. The lowest BCUT2D eigenvalue weighted by molar-refractivity contribution is -0.116. The Bertz CT molecular complexity index is 2830. The number of nitrogens with two attached hydrogens (primary N) is 1. The van der Waals surface area contributed by atoms with Crippen LogP contribution in [0.5, 0.6) is 0 Å². The largest absolute Gasteiger partial charge is 0.444 e. The fourth-order valence-electron chi connectivity index (χ4n) is 8.57. The molecule has 0 spiro atoms. The Morgan fingerprint density at radius 1 is 0.708 bits per heavy atom. The van der Waals surface area contributed by atoms with E-state index in [0.717, 1.165) is 72.5 Å². The molecule has 0 radical (unpaired) electrons. The Hall–Kier alpha value is -5.24. The minimum absolute atomic E-state index is 0.0335. The van der Waals surface area contributed by atoms with Gasteiger partial charge in [-0.2, -0.15) is 0 Å². The summed E-state index contributed by atoms with van der Waals surface area (Å²) in [5.41, 5.74) is 10.1. The van der Waals surface area contributed by atoms with Crippen molar-refractivity contribution in [2.75, 3.05) is 17.2 Å². The van der Waals surface area contributed by atoms with Gasteiger partial charge in [0.15, 0.2) is 0 Å². The highest BCUT2D eigenvalue weighted by Crippen LogP contribution is 2.52. The summed E-state index contributed by atoms with van der Waals surface area (Å²) in [6.45, 7) is 31.6. The number of aromatic nitrogens is 2. The van der Waals surface area contributed by atoms with Gasteiger partial charge in [0.1, 0.15) is 31.2 Å². The molecule has 2 aliphatic heterocycles. The van der Waals surface area contributed by atoms with Gasteiger partial charge in [-0.3, -0.25) is 19.4 Å². The molecule has 4 amide bonds. The number of rotatable bonds is 9. The molecule has 6 heterocycles. The first-order chi connectivity index (χ1) is 33.8. The van der Waals surface area contributed by atoms with Crippen LogP contribution in [0.3, 0.4) is 0 Å². The predicted molar refractivity (Wildman–Crippen MR) is 300 cm³/mol. The maximum absolute atomic E-state index is 13.1. The standard InChI is InChI=1S/C27H36N4O3S2.C24H27N3O3S2.C3H9N/c1-15(2)28-13-12-21(32)30-25-22(24-29-19-10-8-9-11-20(19)35-24)18-14-16(3)31(17(4)23(18)36-25)26(33)34-27(5,6)7;1-7-18(28)26-22-19(21-25-16-10-8-9-11-17(16)31-21)15-12-13(2)27(14(3)20(15)32-22)23(29)30-24(4,5)6;1-3(2)4/h8-11,15-17,28H,12-14H2,1-7H3,(H,30,32);7-11,13-14H,1,12H2,2-6H3,(H,26,28);3H,4H2,1-2H3. The van der Waals surface area contributed by atoms with Crippen LogP contribution in [0.25, 0.3) is 41.6 Å². The lowest BCUT2D eigenvalue weighted by Gasteiger charge is -2.39. The highest BCUT2D eigenvalue weighted by Gasteiger charge is 2.41. The second-order valence-corrected chi connectivity index (χ2v) is 25.0. The maximum atomic E-state index is 13.1. The van der Waals surface area contributed by atoms with Crippen molar-refractivity contribution in [3.63, 3.8) is 0 Å². The Labute approximate surface area is 440 Å². The first-order valence-corrected chi connectivity index (χ1v) is 27.8. The molecule has 18 heteroatoms. The molecule has 0 fully saturated rings. The molecule has 4 unspecified atom stereocenters. The zero-order valence-electron chi connectivity index (χ0n) is 44.1. The van der Waals surface area contributed by atoms with Crippen molar-refractivity contribution in [2.45, 2.75) is 164 Å². The molecular weight excluding hydrogens is 985 g/mol. The summed E-state index contributed by atoms with van der Waals surface area (Å²) in [4.78, 5) is 66.7. The number of benzene rings is 2. The van der Waals surface area contributed by atoms with Crippen LogP contribution in [0.15, 0.2) is 61.2 Å². The number of hydrogen-bond donors (Lipinski definition) is 4. The van der Waals surface area contributed by atoms with Crippen molar-refractivity contribution in [3.05, 3.63) is 82.1 Å². The fourth-order valence-corrected chi connectivity index (χ4v) is 13.4. The number of hydrogen-bond acceptors (Lipinski definition) is 14. The van der Waals surface area contributed by atoms with Crippen LogP contribution in [0.1, 0.15) is 136 Å². The van der Waals surface area contributed by atoms with Crippen LogP contribution in [0.2, 0.25) is 0 Å². The number of anilines is 2. The van der Waals surface area contributed by atoms with Crippen molar-refractivity contribution >= 4 is 99.8 Å². The number of thiazole rings is 2. The quantitative estimate of drug-likeness (QED) is 0.102. The summed E-state index contributed by atoms with van der Waals surface area (Å²) in [5.74, 6) is -0.301. The molecule has 5 N–H and O–H groups in total. The third-order valence-corrected chi connectivity index (χ3v) is 16.2. The van der Waals surface area contributed by atoms with Crippen molar-refractivity contribution in [1.82, 2.24) is 25.1 Å². The van der Waals surface area contributed by atoms with Crippen LogP contribution in [0, 0.1) is 0 Å². The molecule has 0 saturated carbocycles. The molecule has 72 heavy (non-hydrogen) atoms. The predicted octanol–water partition coefficient (Wildman–Crippen LogP) is 13.3. The molecule has 0 aliphatic carbocycles. The normalized spacial score (nSPS) is 17.6. The molecule has 2 aromatic carbocycles. The van der Waals surface area contributed by atoms with E-state index >= 15 is 0 Å². The summed E-state index contributed by atoms with van der Waals surface area (Å²) < 4.78 is 13.6. The number of amides is 4. The fraction of sp³-hybridized carbons (Fsp3) is 0.481. The third kappa shape index (κ3) is 13.7. The second-order valence-electron chi connectivity index (χ2n) is 20.8. The lowest BCUT2D eigenvalue weighted by Crippen LogP contribution is -2.46. The molecule has 2 aliphatic rings. The summed E-state index contributed by atoms with van der Waals surface area (Å²) in [7, 11) is 0. The summed E-state index contributed by atoms with van der Waals surface area (Å²) in [5, 5.41) is 12.8. The van der Waals surface area contributed by atoms with E-state index in [1.165, 1.54) is 17.4 Å². The van der Waals surface area contributed by atoms with Gasteiger partial charge in [0.25, 0.3) is 0 Å². The van der Waals surface area contributed by atoms with E-state index in [9.17, 15) is 19.2 Å². The topological polar surface area (TPSA) is 181 Å². The Morgan fingerprint density at radius 2 is 1.11 bits per heavy atom. The van der Waals surface area contributed by atoms with Crippen LogP contribution < -0.4 is 21.7 Å². The van der Waals surface area contributed by atoms with E-state index in [4.69, 9.17) is 25.2 Å². The SMILES string of the molecule is C=CC(=O)Nc1sc2c(c1-c1nc3ccccc3s1)CC(C)N(C(=O)OC(C)(C)C)C2C.CC(C)N.CC(C)NCCC(=O)Nc1sc2c(c1-c1nc3ccccc3s1)CC(C)N(C(=O)OC(C)(C)C)C2C. The van der Waals surface area contributed by atoms with E-state index < -0.39 is 11.2 Å². The molecule has 14 nitrogen and oxygen atoms in total. The van der Waals surface area contributed by atoms with E-state index in [1.807, 2.05) is 124 Å². The highest BCUT2D eigenvalue weighted by molar-refractivity contribution is 7.23. The van der Waals surface area contributed by atoms with Gasteiger partial charge >= 0.3 is 12.2 Å². The van der Waals surface area contributed by atoms with Crippen molar-refractivity contribution < 1.29 is 28.7 Å². The number of carbonyl (C=O) groups excluding carboxylic acids is 4. The summed E-state index contributed by atoms with van der Waals surface area (Å²) in [6, 6.07) is 16.3. The first kappa shape index (κ1) is 56.1. The van der Waals surface area contributed by atoms with Gasteiger partial charge < -0.3 is 31.2 Å². The number of ether oxygens (including phenoxy) is 2. The van der Waals surface area contributed by atoms with Gasteiger partial charge in [0, 0.05) is 52.0 Å². The average molecular weight is 1060 g/mol. The molecule has 4 atom stereocenters. The minimum atomic E-state index is -0.568. The van der Waals surface area contributed by atoms with Crippen molar-refractivity contribution in [1.29, 1.82) is 0 Å². The monoisotopic (exact) mass is 1060 g/mol. The van der Waals surface area contributed by atoms with Crippen molar-refractivity contribution in [2.24, 2.45) is 5.73 Å². The number of para-hydroxylation sites is 2. The Balaban J connectivity index is 0.000000220. The maximum Gasteiger partial charge on any atom is 0.411 e. The number of fused-ring (bicyclic) bond motifs is 4. The van der Waals surface area contributed by atoms with E-state index in [2.05, 4.69) is 49.4 Å². The lowest BCUT2D eigenvalue weighted by atomic mass is 9.93. The van der Waals surface area contributed by atoms with Gasteiger partial charge in [-0.15, -0.1) is 45.3 Å². The van der Waals surface area contributed by atoms with Crippen LogP contribution in [0.4, 0.5) is 19.6 Å². The Kier molecular flexibility index (Phi) is 18.2. The van der Waals surface area contributed by atoms with Gasteiger partial charge in [-0.1, -0.05) is 58.5 Å². The summed E-state index contributed by atoms with van der Waals surface area (Å²) in [6.07, 6.45) is 2.34. The molecule has 0 bridgehead atoms. The van der Waals surface area contributed by atoms with E-state index in [0.29, 0.717) is 37.9 Å². The van der Waals surface area contributed by atoms with Crippen LogP contribution in [-0.4, -0.2) is 85.7 Å². The third-order valence-electron chi connectivity index (χ3n) is 11.4. The molecular formula is C54H72N8O6S4. The van der Waals surface area contributed by atoms with E-state index in [1.54, 1.807) is 38.9 Å². The number of nitrogens with zero attached hydrogens (tertiary/aromatic N) is 4. The number of thiophene rings is 2. The first-order valence-electron chi connectivity index (χ1n) is 24.5. The second kappa shape index (κ2) is 23.3. The average Bonchev–Trinajstić information content (AvgIpc) is 4.05. The van der Waals surface area contributed by atoms with E-state index in [-0.39, 0.29) is 48.2 Å². The molecule has 8 rings (SSSR count).